The topological polar surface area (TPSA) is 64.7 Å². The largest absolute Gasteiger partial charge is 0.399 e. The minimum absolute atomic E-state index is 0.692. The van der Waals surface area contributed by atoms with Crippen LogP contribution < -0.4 is 5.73 Å². The van der Waals surface area contributed by atoms with Crippen LogP contribution in [0.5, 0.6) is 0 Å². The van der Waals surface area contributed by atoms with Crippen molar-refractivity contribution >= 4 is 27.5 Å². The van der Waals surface area contributed by atoms with Gasteiger partial charge in [0.2, 0.25) is 0 Å². The SMILES string of the molecule is Cc1cc(N)cc(-c2nc3nccnc3s2)c1C. The maximum Gasteiger partial charge on any atom is 0.190 e. The van der Waals surface area contributed by atoms with Gasteiger partial charge in [0.15, 0.2) is 10.5 Å². The van der Waals surface area contributed by atoms with Crippen molar-refractivity contribution in [2.24, 2.45) is 0 Å². The van der Waals surface area contributed by atoms with Gasteiger partial charge in [-0.05, 0) is 37.1 Å². The van der Waals surface area contributed by atoms with E-state index in [1.165, 1.54) is 11.1 Å². The molecule has 0 aliphatic carbocycles. The molecule has 0 atom stereocenters. The summed E-state index contributed by atoms with van der Waals surface area (Å²) < 4.78 is 0. The monoisotopic (exact) mass is 256 g/mol. The molecule has 0 aliphatic rings. The molecule has 0 spiro atoms. The van der Waals surface area contributed by atoms with Gasteiger partial charge in [-0.25, -0.2) is 15.0 Å². The Kier molecular flexibility index (Phi) is 2.48. The Morgan fingerprint density at radius 3 is 2.67 bits per heavy atom. The second-order valence-electron chi connectivity index (χ2n) is 4.21. The highest BCUT2D eigenvalue weighted by Crippen LogP contribution is 2.32. The van der Waals surface area contributed by atoms with Crippen LogP contribution in [0.1, 0.15) is 11.1 Å². The van der Waals surface area contributed by atoms with Crippen molar-refractivity contribution in [3.63, 3.8) is 0 Å². The van der Waals surface area contributed by atoms with Crippen molar-refractivity contribution in [1.29, 1.82) is 0 Å². The molecule has 0 amide bonds. The van der Waals surface area contributed by atoms with Gasteiger partial charge in [-0.1, -0.05) is 11.3 Å². The first-order chi connectivity index (χ1) is 8.65. The third kappa shape index (κ3) is 1.73. The van der Waals surface area contributed by atoms with Crippen molar-refractivity contribution in [3.8, 4) is 10.6 Å². The van der Waals surface area contributed by atoms with Crippen molar-refractivity contribution in [2.75, 3.05) is 5.73 Å². The number of aryl methyl sites for hydroxylation is 1. The predicted octanol–water partition coefficient (Wildman–Crippen LogP) is 2.95. The van der Waals surface area contributed by atoms with Gasteiger partial charge in [-0.15, -0.1) is 0 Å². The molecule has 3 rings (SSSR count). The van der Waals surface area contributed by atoms with Crippen LogP contribution in [0.15, 0.2) is 24.5 Å². The van der Waals surface area contributed by atoms with E-state index in [-0.39, 0.29) is 0 Å². The minimum atomic E-state index is 0.692. The zero-order valence-electron chi connectivity index (χ0n) is 10.1. The molecule has 0 saturated carbocycles. The summed E-state index contributed by atoms with van der Waals surface area (Å²) in [7, 11) is 0. The molecular formula is C13H12N4S. The number of hydrogen-bond donors (Lipinski definition) is 1. The van der Waals surface area contributed by atoms with E-state index in [1.54, 1.807) is 23.7 Å². The van der Waals surface area contributed by atoms with E-state index >= 15 is 0 Å². The summed E-state index contributed by atoms with van der Waals surface area (Å²) in [5.41, 5.74) is 10.8. The summed E-state index contributed by atoms with van der Waals surface area (Å²) in [5, 5.41) is 0.920. The maximum atomic E-state index is 5.91. The van der Waals surface area contributed by atoms with Gasteiger partial charge in [-0.3, -0.25) is 0 Å². The lowest BCUT2D eigenvalue weighted by Crippen LogP contribution is -1.92. The van der Waals surface area contributed by atoms with Crippen molar-refractivity contribution in [3.05, 3.63) is 35.7 Å². The molecule has 2 aromatic heterocycles. The molecule has 0 bridgehead atoms. The third-order valence-corrected chi connectivity index (χ3v) is 3.95. The third-order valence-electron chi connectivity index (χ3n) is 2.97. The predicted molar refractivity (Wildman–Crippen MR) is 74.5 cm³/mol. The summed E-state index contributed by atoms with van der Waals surface area (Å²) in [6, 6.07) is 3.93. The Labute approximate surface area is 109 Å². The van der Waals surface area contributed by atoms with Crippen molar-refractivity contribution < 1.29 is 0 Å². The highest BCUT2D eigenvalue weighted by Gasteiger charge is 2.11. The highest BCUT2D eigenvalue weighted by molar-refractivity contribution is 7.21. The van der Waals surface area contributed by atoms with E-state index in [0.29, 0.717) is 5.65 Å². The number of benzene rings is 1. The standard InChI is InChI=1S/C13H12N4S/c1-7-5-9(14)6-10(8(7)2)12-17-11-13(18-12)16-4-3-15-11/h3-6H,14H2,1-2H3. The average Bonchev–Trinajstić information content (AvgIpc) is 2.77. The molecule has 0 radical (unpaired) electrons. The number of thiazole rings is 1. The number of fused-ring (bicyclic) bond motifs is 1. The normalized spacial score (nSPS) is 11.0. The lowest BCUT2D eigenvalue weighted by molar-refractivity contribution is 1.26. The zero-order chi connectivity index (χ0) is 12.7. The molecule has 90 valence electrons. The molecule has 0 aliphatic heterocycles. The molecule has 3 aromatic rings. The molecule has 2 heterocycles. The lowest BCUT2D eigenvalue weighted by atomic mass is 10.0. The van der Waals surface area contributed by atoms with E-state index in [9.17, 15) is 0 Å². The van der Waals surface area contributed by atoms with Gasteiger partial charge in [0.05, 0.1) is 0 Å². The summed E-state index contributed by atoms with van der Waals surface area (Å²) in [6.45, 7) is 4.13. The Bertz CT molecular complexity index is 700. The summed E-state index contributed by atoms with van der Waals surface area (Å²) >= 11 is 1.54. The fourth-order valence-corrected chi connectivity index (χ4v) is 2.84. The lowest BCUT2D eigenvalue weighted by Gasteiger charge is -2.07. The first-order valence-electron chi connectivity index (χ1n) is 5.60. The van der Waals surface area contributed by atoms with E-state index in [1.807, 2.05) is 12.1 Å². The Morgan fingerprint density at radius 1 is 1.11 bits per heavy atom. The number of nitrogens with two attached hydrogens (primary N) is 1. The van der Waals surface area contributed by atoms with Gasteiger partial charge < -0.3 is 5.73 Å². The highest BCUT2D eigenvalue weighted by atomic mass is 32.1. The summed E-state index contributed by atoms with van der Waals surface area (Å²) in [4.78, 5) is 13.8. The minimum Gasteiger partial charge on any atom is -0.399 e. The molecule has 1 aromatic carbocycles. The van der Waals surface area contributed by atoms with Crippen LogP contribution in [0.4, 0.5) is 5.69 Å². The van der Waals surface area contributed by atoms with E-state index in [2.05, 4.69) is 28.8 Å². The van der Waals surface area contributed by atoms with Crippen LogP contribution in [-0.2, 0) is 0 Å². The summed E-state index contributed by atoms with van der Waals surface area (Å²) in [5.74, 6) is 0. The Morgan fingerprint density at radius 2 is 1.89 bits per heavy atom. The van der Waals surface area contributed by atoms with Gasteiger partial charge in [0, 0.05) is 23.6 Å². The second-order valence-corrected chi connectivity index (χ2v) is 5.19. The molecule has 0 saturated heterocycles. The van der Waals surface area contributed by atoms with Crippen LogP contribution in [0.3, 0.4) is 0 Å². The first-order valence-corrected chi connectivity index (χ1v) is 6.41. The van der Waals surface area contributed by atoms with E-state index < -0.39 is 0 Å². The molecule has 4 nitrogen and oxygen atoms in total. The smallest absolute Gasteiger partial charge is 0.190 e. The van der Waals surface area contributed by atoms with Gasteiger partial charge >= 0.3 is 0 Å². The quantitative estimate of drug-likeness (QED) is 0.680. The molecule has 2 N–H and O–H groups in total. The number of rotatable bonds is 1. The van der Waals surface area contributed by atoms with Gasteiger partial charge in [-0.2, -0.15) is 0 Å². The van der Waals surface area contributed by atoms with Crippen molar-refractivity contribution in [2.45, 2.75) is 13.8 Å². The number of nitrogen functional groups attached to an aromatic ring is 1. The van der Waals surface area contributed by atoms with E-state index in [4.69, 9.17) is 5.73 Å². The Hall–Kier alpha value is -2.01. The number of anilines is 1. The Balaban J connectivity index is 2.26. The van der Waals surface area contributed by atoms with Gasteiger partial charge in [0.25, 0.3) is 0 Å². The van der Waals surface area contributed by atoms with Gasteiger partial charge in [0.1, 0.15) is 5.01 Å². The number of hydrogen-bond acceptors (Lipinski definition) is 5. The van der Waals surface area contributed by atoms with Crippen LogP contribution >= 0.6 is 11.3 Å². The van der Waals surface area contributed by atoms with Crippen LogP contribution in [-0.4, -0.2) is 15.0 Å². The van der Waals surface area contributed by atoms with Crippen LogP contribution in [0.25, 0.3) is 21.0 Å². The zero-order valence-corrected chi connectivity index (χ0v) is 11.0. The summed E-state index contributed by atoms with van der Waals surface area (Å²) in [6.07, 6.45) is 3.34. The molecule has 0 unspecified atom stereocenters. The second kappa shape index (κ2) is 4.03. The number of aromatic nitrogens is 3. The van der Waals surface area contributed by atoms with Crippen molar-refractivity contribution in [1.82, 2.24) is 15.0 Å². The average molecular weight is 256 g/mol. The first kappa shape index (κ1) is 11.1. The van der Waals surface area contributed by atoms with E-state index in [0.717, 1.165) is 21.1 Å². The molecule has 0 fully saturated rings. The van der Waals surface area contributed by atoms with Crippen LogP contribution in [0, 0.1) is 13.8 Å². The molecule has 5 heteroatoms. The maximum absolute atomic E-state index is 5.91. The molecular weight excluding hydrogens is 244 g/mol. The van der Waals surface area contributed by atoms with Crippen LogP contribution in [0.2, 0.25) is 0 Å². The fraction of sp³-hybridized carbons (Fsp3) is 0.154. The fourth-order valence-electron chi connectivity index (χ4n) is 1.90. The number of nitrogens with zero attached hydrogens (tertiary/aromatic N) is 3. The molecule has 18 heavy (non-hydrogen) atoms.